The van der Waals surface area contributed by atoms with Crippen molar-refractivity contribution in [3.63, 3.8) is 0 Å². The van der Waals surface area contributed by atoms with Crippen LogP contribution in [-0.2, 0) is 10.8 Å². The molecule has 2 atom stereocenters. The van der Waals surface area contributed by atoms with E-state index >= 15 is 0 Å². The lowest BCUT2D eigenvalue weighted by atomic mass is 10.1. The van der Waals surface area contributed by atoms with E-state index in [0.29, 0.717) is 6.04 Å². The molecule has 2 unspecified atom stereocenters. The van der Waals surface area contributed by atoms with Crippen LogP contribution in [0.5, 0.6) is 0 Å². The van der Waals surface area contributed by atoms with E-state index in [0.717, 1.165) is 40.9 Å². The zero-order chi connectivity index (χ0) is 13.4. The molecule has 0 heterocycles. The van der Waals surface area contributed by atoms with Gasteiger partial charge in [0.05, 0.1) is 15.7 Å². The molecule has 102 valence electrons. The van der Waals surface area contributed by atoms with E-state index in [1.54, 1.807) is 0 Å². The Kier molecular flexibility index (Phi) is 7.79. The number of nitrogens with one attached hydrogen (secondary N) is 1. The zero-order valence-corrected chi connectivity index (χ0v) is 13.5. The minimum atomic E-state index is -0.881. The van der Waals surface area contributed by atoms with Crippen molar-refractivity contribution in [2.45, 2.75) is 44.0 Å². The Balaban J connectivity index is 2.28. The first-order valence-electron chi connectivity index (χ1n) is 6.51. The van der Waals surface area contributed by atoms with Gasteiger partial charge in [-0.05, 0) is 54.4 Å². The molecule has 0 bridgehead atoms. The maximum absolute atomic E-state index is 12.1. The van der Waals surface area contributed by atoms with Crippen LogP contribution < -0.4 is 5.32 Å². The summed E-state index contributed by atoms with van der Waals surface area (Å²) in [7, 11) is -0.881. The molecule has 0 radical (unpaired) electrons. The Bertz CT molecular complexity index is 384. The molecule has 0 saturated heterocycles. The molecule has 0 spiro atoms. The van der Waals surface area contributed by atoms with Gasteiger partial charge >= 0.3 is 0 Å². The SMILES string of the molecule is CCNC(C)CCCCS(=O)c1ccccc1Br. The molecule has 0 fully saturated rings. The Morgan fingerprint density at radius 1 is 1.33 bits per heavy atom. The van der Waals surface area contributed by atoms with Gasteiger partial charge < -0.3 is 5.32 Å². The summed E-state index contributed by atoms with van der Waals surface area (Å²) in [5, 5.41) is 3.39. The molecular formula is C14H22BrNOS. The van der Waals surface area contributed by atoms with Crippen molar-refractivity contribution >= 4 is 26.7 Å². The maximum atomic E-state index is 12.1. The third kappa shape index (κ3) is 5.63. The van der Waals surface area contributed by atoms with Gasteiger partial charge in [0.25, 0.3) is 0 Å². The number of hydrogen-bond acceptors (Lipinski definition) is 2. The molecule has 4 heteroatoms. The predicted octanol–water partition coefficient (Wildman–Crippen LogP) is 3.73. The Morgan fingerprint density at radius 3 is 2.72 bits per heavy atom. The maximum Gasteiger partial charge on any atom is 0.0541 e. The Labute approximate surface area is 121 Å². The highest BCUT2D eigenvalue weighted by molar-refractivity contribution is 9.10. The van der Waals surface area contributed by atoms with Crippen molar-refractivity contribution in [3.05, 3.63) is 28.7 Å². The lowest BCUT2D eigenvalue weighted by Gasteiger charge is -2.11. The fraction of sp³-hybridized carbons (Fsp3) is 0.571. The van der Waals surface area contributed by atoms with Gasteiger partial charge in [-0.15, -0.1) is 0 Å². The molecule has 1 aromatic carbocycles. The van der Waals surface area contributed by atoms with E-state index in [4.69, 9.17) is 0 Å². The van der Waals surface area contributed by atoms with Gasteiger partial charge in [-0.25, -0.2) is 0 Å². The topological polar surface area (TPSA) is 29.1 Å². The molecular weight excluding hydrogens is 310 g/mol. The molecule has 0 aliphatic rings. The van der Waals surface area contributed by atoms with E-state index in [9.17, 15) is 4.21 Å². The van der Waals surface area contributed by atoms with Crippen molar-refractivity contribution in [1.29, 1.82) is 0 Å². The van der Waals surface area contributed by atoms with Crippen molar-refractivity contribution in [1.82, 2.24) is 5.32 Å². The van der Waals surface area contributed by atoms with E-state index < -0.39 is 10.8 Å². The first-order valence-corrected chi connectivity index (χ1v) is 8.62. The van der Waals surface area contributed by atoms with Crippen molar-refractivity contribution in [2.75, 3.05) is 12.3 Å². The number of benzene rings is 1. The summed E-state index contributed by atoms with van der Waals surface area (Å²) in [4.78, 5) is 0.914. The van der Waals surface area contributed by atoms with Crippen LogP contribution >= 0.6 is 15.9 Å². The normalized spacial score (nSPS) is 14.4. The van der Waals surface area contributed by atoms with Crippen LogP contribution in [0.25, 0.3) is 0 Å². The molecule has 0 aliphatic heterocycles. The summed E-state index contributed by atoms with van der Waals surface area (Å²) in [5.74, 6) is 0.751. The third-order valence-electron chi connectivity index (χ3n) is 2.85. The van der Waals surface area contributed by atoms with Crippen molar-refractivity contribution in [3.8, 4) is 0 Å². The Hall–Kier alpha value is -0.190. The van der Waals surface area contributed by atoms with Gasteiger partial charge in [0.1, 0.15) is 0 Å². The minimum absolute atomic E-state index is 0.562. The summed E-state index contributed by atoms with van der Waals surface area (Å²) in [6, 6.07) is 8.32. The monoisotopic (exact) mass is 331 g/mol. The van der Waals surface area contributed by atoms with Crippen LogP contribution in [0.2, 0.25) is 0 Å². The highest BCUT2D eigenvalue weighted by atomic mass is 79.9. The van der Waals surface area contributed by atoms with Crippen LogP contribution in [0, 0.1) is 0 Å². The molecule has 2 nitrogen and oxygen atoms in total. The fourth-order valence-corrected chi connectivity index (χ4v) is 3.90. The highest BCUT2D eigenvalue weighted by Gasteiger charge is 2.07. The summed E-state index contributed by atoms with van der Waals surface area (Å²) in [6.45, 7) is 5.34. The second-order valence-corrected chi connectivity index (χ2v) is 6.83. The van der Waals surface area contributed by atoms with Crippen LogP contribution in [-0.4, -0.2) is 22.5 Å². The fourth-order valence-electron chi connectivity index (χ4n) is 1.87. The molecule has 0 aliphatic carbocycles. The Morgan fingerprint density at radius 2 is 2.06 bits per heavy atom. The quantitative estimate of drug-likeness (QED) is 0.735. The number of hydrogen-bond donors (Lipinski definition) is 1. The second-order valence-electron chi connectivity index (χ2n) is 4.43. The average molecular weight is 332 g/mol. The lowest BCUT2D eigenvalue weighted by molar-refractivity contribution is 0.509. The van der Waals surface area contributed by atoms with Gasteiger partial charge in [0.15, 0.2) is 0 Å². The molecule has 18 heavy (non-hydrogen) atoms. The van der Waals surface area contributed by atoms with E-state index in [1.165, 1.54) is 0 Å². The molecule has 0 aromatic heterocycles. The second kappa shape index (κ2) is 8.83. The zero-order valence-electron chi connectivity index (χ0n) is 11.1. The van der Waals surface area contributed by atoms with Crippen LogP contribution in [0.4, 0.5) is 0 Å². The van der Waals surface area contributed by atoms with Crippen molar-refractivity contribution in [2.24, 2.45) is 0 Å². The number of unbranched alkanes of at least 4 members (excludes halogenated alkanes) is 1. The predicted molar refractivity (Wildman–Crippen MR) is 82.4 cm³/mol. The minimum Gasteiger partial charge on any atom is -0.315 e. The van der Waals surface area contributed by atoms with E-state index in [-0.39, 0.29) is 0 Å². The molecule has 1 aromatic rings. The van der Waals surface area contributed by atoms with Crippen molar-refractivity contribution < 1.29 is 4.21 Å². The summed E-state index contributed by atoms with van der Waals surface area (Å²) >= 11 is 3.45. The summed E-state index contributed by atoms with van der Waals surface area (Å²) < 4.78 is 13.0. The van der Waals surface area contributed by atoms with Crippen LogP contribution in [0.1, 0.15) is 33.1 Å². The smallest absolute Gasteiger partial charge is 0.0541 e. The molecule has 0 saturated carbocycles. The number of halogens is 1. The number of rotatable bonds is 8. The van der Waals surface area contributed by atoms with E-state index in [2.05, 4.69) is 35.1 Å². The first-order chi connectivity index (χ1) is 8.65. The average Bonchev–Trinajstić information content (AvgIpc) is 2.35. The van der Waals surface area contributed by atoms with Gasteiger partial charge in [-0.3, -0.25) is 4.21 Å². The van der Waals surface area contributed by atoms with Gasteiger partial charge in [0.2, 0.25) is 0 Å². The molecule has 1 N–H and O–H groups in total. The molecule has 1 rings (SSSR count). The first kappa shape index (κ1) is 15.9. The van der Waals surface area contributed by atoms with Crippen LogP contribution in [0.15, 0.2) is 33.6 Å². The largest absolute Gasteiger partial charge is 0.315 e. The molecule has 0 amide bonds. The van der Waals surface area contributed by atoms with Gasteiger partial charge in [-0.1, -0.05) is 25.5 Å². The van der Waals surface area contributed by atoms with Crippen LogP contribution in [0.3, 0.4) is 0 Å². The third-order valence-corrected chi connectivity index (χ3v) is 5.31. The lowest BCUT2D eigenvalue weighted by Crippen LogP contribution is -2.25. The summed E-state index contributed by atoms with van der Waals surface area (Å²) in [5.41, 5.74) is 0. The summed E-state index contributed by atoms with van der Waals surface area (Å²) in [6.07, 6.45) is 3.30. The van der Waals surface area contributed by atoms with Gasteiger partial charge in [0, 0.05) is 16.3 Å². The standard InChI is InChI=1S/C14H22BrNOS/c1-3-16-12(2)8-6-7-11-18(17)14-10-5-4-9-13(14)15/h4-5,9-10,12,16H,3,6-8,11H2,1-2H3. The van der Waals surface area contributed by atoms with E-state index in [1.807, 2.05) is 24.3 Å². The van der Waals surface area contributed by atoms with Gasteiger partial charge in [-0.2, -0.15) is 0 Å². The highest BCUT2D eigenvalue weighted by Crippen LogP contribution is 2.20.